The van der Waals surface area contributed by atoms with E-state index in [1.807, 2.05) is 6.92 Å². The van der Waals surface area contributed by atoms with Gasteiger partial charge in [0, 0.05) is 0 Å². The van der Waals surface area contributed by atoms with Crippen molar-refractivity contribution in [2.24, 2.45) is 17.8 Å². The summed E-state index contributed by atoms with van der Waals surface area (Å²) in [6.07, 6.45) is 7.56. The van der Waals surface area contributed by atoms with Gasteiger partial charge < -0.3 is 10.1 Å². The Hall–Kier alpha value is -0.570. The third-order valence-electron chi connectivity index (χ3n) is 4.31. The number of esters is 1. The summed E-state index contributed by atoms with van der Waals surface area (Å²) in [6, 6.07) is -0.0618. The van der Waals surface area contributed by atoms with Gasteiger partial charge in [-0.15, -0.1) is 0 Å². The maximum atomic E-state index is 12.1. The first-order valence-corrected chi connectivity index (χ1v) is 7.60. The fraction of sp³-hybridized carbons (Fsp3) is 0.933. The standard InChI is InChI=1S/C15H27NO2/c1-3-18-15(17)14(16-10-12-7-8-12)13-6-4-5-11(2)9-13/h11-14,16H,3-10H2,1-2H3. The second-order valence-corrected chi connectivity index (χ2v) is 6.11. The molecule has 3 unspecified atom stereocenters. The normalized spacial score (nSPS) is 29.9. The first-order chi connectivity index (χ1) is 8.70. The number of carbonyl (C=O) groups is 1. The fourth-order valence-corrected chi connectivity index (χ4v) is 3.07. The molecule has 0 amide bonds. The average molecular weight is 253 g/mol. The third-order valence-corrected chi connectivity index (χ3v) is 4.31. The lowest BCUT2D eigenvalue weighted by Crippen LogP contribution is -2.46. The predicted octanol–water partition coefficient (Wildman–Crippen LogP) is 2.74. The van der Waals surface area contributed by atoms with E-state index in [4.69, 9.17) is 4.74 Å². The van der Waals surface area contributed by atoms with Crippen LogP contribution >= 0.6 is 0 Å². The number of ether oxygens (including phenoxy) is 1. The lowest BCUT2D eigenvalue weighted by atomic mass is 9.78. The minimum absolute atomic E-state index is 0.0303. The van der Waals surface area contributed by atoms with Gasteiger partial charge in [0.2, 0.25) is 0 Å². The zero-order chi connectivity index (χ0) is 13.0. The highest BCUT2D eigenvalue weighted by molar-refractivity contribution is 5.76. The Bertz CT molecular complexity index is 276. The van der Waals surface area contributed by atoms with Crippen LogP contribution in [0.1, 0.15) is 52.4 Å². The van der Waals surface area contributed by atoms with Crippen molar-refractivity contribution < 1.29 is 9.53 Å². The zero-order valence-electron chi connectivity index (χ0n) is 11.8. The van der Waals surface area contributed by atoms with E-state index < -0.39 is 0 Å². The SMILES string of the molecule is CCOC(=O)C(NCC1CC1)C1CCCC(C)C1. The molecule has 2 aliphatic carbocycles. The van der Waals surface area contributed by atoms with Crippen LogP contribution in [0.4, 0.5) is 0 Å². The van der Waals surface area contributed by atoms with Crippen LogP contribution in [0.15, 0.2) is 0 Å². The van der Waals surface area contributed by atoms with Crippen LogP contribution in [0.25, 0.3) is 0 Å². The lowest BCUT2D eigenvalue weighted by molar-refractivity contribution is -0.147. The summed E-state index contributed by atoms with van der Waals surface area (Å²) >= 11 is 0. The summed E-state index contributed by atoms with van der Waals surface area (Å²) in [5, 5.41) is 3.48. The third kappa shape index (κ3) is 3.98. The van der Waals surface area contributed by atoms with Crippen molar-refractivity contribution in [3.8, 4) is 0 Å². The van der Waals surface area contributed by atoms with Gasteiger partial charge in [0.25, 0.3) is 0 Å². The van der Waals surface area contributed by atoms with Crippen LogP contribution < -0.4 is 5.32 Å². The number of carbonyl (C=O) groups excluding carboxylic acids is 1. The molecule has 0 aliphatic heterocycles. The molecule has 0 bridgehead atoms. The smallest absolute Gasteiger partial charge is 0.323 e. The summed E-state index contributed by atoms with van der Waals surface area (Å²) in [5.74, 6) is 2.01. The molecule has 3 atom stereocenters. The Balaban J connectivity index is 1.90. The van der Waals surface area contributed by atoms with Crippen molar-refractivity contribution in [2.75, 3.05) is 13.2 Å². The van der Waals surface area contributed by atoms with E-state index in [0.29, 0.717) is 12.5 Å². The Morgan fingerprint density at radius 1 is 1.33 bits per heavy atom. The second kappa shape index (κ2) is 6.55. The average Bonchev–Trinajstić information content (AvgIpc) is 3.14. The molecule has 3 heteroatoms. The van der Waals surface area contributed by atoms with Gasteiger partial charge in [-0.3, -0.25) is 4.79 Å². The molecule has 104 valence electrons. The molecule has 0 aromatic carbocycles. The van der Waals surface area contributed by atoms with Crippen molar-refractivity contribution in [1.29, 1.82) is 0 Å². The number of hydrogen-bond donors (Lipinski definition) is 1. The summed E-state index contributed by atoms with van der Waals surface area (Å²) in [7, 11) is 0. The highest BCUT2D eigenvalue weighted by Gasteiger charge is 2.33. The molecule has 2 fully saturated rings. The molecule has 18 heavy (non-hydrogen) atoms. The van der Waals surface area contributed by atoms with Crippen molar-refractivity contribution in [1.82, 2.24) is 5.32 Å². The van der Waals surface area contributed by atoms with Gasteiger partial charge in [-0.1, -0.05) is 19.8 Å². The summed E-state index contributed by atoms with van der Waals surface area (Å²) < 4.78 is 5.24. The van der Waals surface area contributed by atoms with Crippen LogP contribution in [-0.2, 0) is 9.53 Å². The van der Waals surface area contributed by atoms with Crippen LogP contribution in [0.2, 0.25) is 0 Å². The van der Waals surface area contributed by atoms with Crippen LogP contribution in [-0.4, -0.2) is 25.2 Å². The summed E-state index contributed by atoms with van der Waals surface area (Å²) in [6.45, 7) is 5.67. The van der Waals surface area contributed by atoms with Gasteiger partial charge in [-0.25, -0.2) is 0 Å². The Labute approximate surface area is 111 Å². The van der Waals surface area contributed by atoms with E-state index in [1.165, 1.54) is 38.5 Å². The molecule has 2 rings (SSSR count). The molecular weight excluding hydrogens is 226 g/mol. The van der Waals surface area contributed by atoms with Crippen molar-refractivity contribution >= 4 is 5.97 Å². The monoisotopic (exact) mass is 253 g/mol. The second-order valence-electron chi connectivity index (χ2n) is 6.11. The van der Waals surface area contributed by atoms with Gasteiger partial charge in [0.1, 0.15) is 6.04 Å². The quantitative estimate of drug-likeness (QED) is 0.740. The minimum Gasteiger partial charge on any atom is -0.465 e. The molecular formula is C15H27NO2. The van der Waals surface area contributed by atoms with E-state index in [0.717, 1.165) is 18.4 Å². The summed E-state index contributed by atoms with van der Waals surface area (Å²) in [5.41, 5.74) is 0. The number of hydrogen-bond acceptors (Lipinski definition) is 3. The topological polar surface area (TPSA) is 38.3 Å². The predicted molar refractivity (Wildman–Crippen MR) is 72.3 cm³/mol. The first-order valence-electron chi connectivity index (χ1n) is 7.60. The van der Waals surface area contributed by atoms with Gasteiger partial charge in [0.15, 0.2) is 0 Å². The molecule has 2 saturated carbocycles. The Morgan fingerprint density at radius 3 is 2.72 bits per heavy atom. The Morgan fingerprint density at radius 2 is 2.11 bits per heavy atom. The van der Waals surface area contributed by atoms with Crippen molar-refractivity contribution in [3.63, 3.8) is 0 Å². The molecule has 0 spiro atoms. The number of nitrogens with one attached hydrogen (secondary N) is 1. The van der Waals surface area contributed by atoms with E-state index in [9.17, 15) is 4.79 Å². The molecule has 1 N–H and O–H groups in total. The van der Waals surface area contributed by atoms with Crippen LogP contribution in [0, 0.1) is 17.8 Å². The molecule has 2 aliphatic rings. The fourth-order valence-electron chi connectivity index (χ4n) is 3.07. The lowest BCUT2D eigenvalue weighted by Gasteiger charge is -2.32. The largest absolute Gasteiger partial charge is 0.465 e. The van der Waals surface area contributed by atoms with Gasteiger partial charge in [-0.2, -0.15) is 0 Å². The van der Waals surface area contributed by atoms with E-state index in [-0.39, 0.29) is 12.0 Å². The zero-order valence-corrected chi connectivity index (χ0v) is 11.8. The molecule has 0 aromatic heterocycles. The summed E-state index contributed by atoms with van der Waals surface area (Å²) in [4.78, 5) is 12.1. The number of rotatable bonds is 6. The molecule has 0 radical (unpaired) electrons. The van der Waals surface area contributed by atoms with Gasteiger partial charge >= 0.3 is 5.97 Å². The maximum absolute atomic E-state index is 12.1. The van der Waals surface area contributed by atoms with E-state index in [2.05, 4.69) is 12.2 Å². The van der Waals surface area contributed by atoms with Crippen LogP contribution in [0.3, 0.4) is 0 Å². The van der Waals surface area contributed by atoms with E-state index in [1.54, 1.807) is 0 Å². The minimum atomic E-state index is -0.0618. The Kier molecular flexibility index (Phi) is 5.04. The molecule has 0 aromatic rings. The highest BCUT2D eigenvalue weighted by Crippen LogP contribution is 2.32. The van der Waals surface area contributed by atoms with Crippen molar-refractivity contribution in [3.05, 3.63) is 0 Å². The molecule has 0 heterocycles. The van der Waals surface area contributed by atoms with E-state index >= 15 is 0 Å². The van der Waals surface area contributed by atoms with Crippen LogP contribution in [0.5, 0.6) is 0 Å². The van der Waals surface area contributed by atoms with Gasteiger partial charge in [0.05, 0.1) is 6.61 Å². The first kappa shape index (κ1) is 13.9. The van der Waals surface area contributed by atoms with Gasteiger partial charge in [-0.05, 0) is 56.9 Å². The maximum Gasteiger partial charge on any atom is 0.323 e. The highest BCUT2D eigenvalue weighted by atomic mass is 16.5. The van der Waals surface area contributed by atoms with Crippen molar-refractivity contribution in [2.45, 2.75) is 58.4 Å². The molecule has 3 nitrogen and oxygen atoms in total. The molecule has 0 saturated heterocycles.